The van der Waals surface area contributed by atoms with Crippen LogP contribution in [0.15, 0.2) is 54.6 Å². The van der Waals surface area contributed by atoms with E-state index in [1.54, 1.807) is 12.1 Å². The number of carbonyl (C=O) groups excluding carboxylic acids is 1. The number of aromatic nitrogens is 2. The zero-order valence-electron chi connectivity index (χ0n) is 12.6. The maximum atomic E-state index is 12.4. The molecule has 0 fully saturated rings. The summed E-state index contributed by atoms with van der Waals surface area (Å²) in [4.78, 5) is 20.9. The minimum absolute atomic E-state index is 0.0649. The van der Waals surface area contributed by atoms with E-state index in [4.69, 9.17) is 11.6 Å². The van der Waals surface area contributed by atoms with Gasteiger partial charge >= 0.3 is 0 Å². The van der Waals surface area contributed by atoms with Gasteiger partial charge in [0.2, 0.25) is 5.91 Å². The Morgan fingerprint density at radius 2 is 1.71 bits per heavy atom. The molecule has 2 aromatic carbocycles. The quantitative estimate of drug-likeness (QED) is 0.793. The smallest absolute Gasteiger partial charge is 0.243 e. The van der Waals surface area contributed by atoms with Crippen LogP contribution < -0.4 is 5.32 Å². The predicted molar refractivity (Wildman–Crippen MR) is 91.2 cm³/mol. The largest absolute Gasteiger partial charge is 0.351 e. The van der Waals surface area contributed by atoms with Gasteiger partial charge in [-0.3, -0.25) is 4.79 Å². The molecule has 1 unspecified atom stereocenters. The molecule has 0 radical (unpaired) electrons. The van der Waals surface area contributed by atoms with Gasteiger partial charge < -0.3 is 5.32 Å². The Bertz CT molecular complexity index is 921. The second kappa shape index (κ2) is 7.07. The lowest BCUT2D eigenvalue weighted by Gasteiger charge is -2.11. The van der Waals surface area contributed by atoms with Crippen molar-refractivity contribution in [1.29, 1.82) is 5.26 Å². The molecule has 5 nitrogen and oxygen atoms in total. The van der Waals surface area contributed by atoms with E-state index in [1.165, 1.54) is 0 Å². The highest BCUT2D eigenvalue weighted by atomic mass is 35.5. The van der Waals surface area contributed by atoms with Crippen LogP contribution in [0.2, 0.25) is 5.15 Å². The van der Waals surface area contributed by atoms with Crippen molar-refractivity contribution in [3.8, 4) is 6.07 Å². The molecule has 0 spiro atoms. The molecule has 0 aliphatic rings. The van der Waals surface area contributed by atoms with Gasteiger partial charge in [0.15, 0.2) is 11.1 Å². The van der Waals surface area contributed by atoms with Crippen molar-refractivity contribution in [2.75, 3.05) is 0 Å². The average Bonchev–Trinajstić information content (AvgIpc) is 2.62. The lowest BCUT2D eigenvalue weighted by Crippen LogP contribution is -2.29. The number of rotatable bonds is 4. The van der Waals surface area contributed by atoms with Crippen molar-refractivity contribution >= 4 is 28.5 Å². The van der Waals surface area contributed by atoms with Crippen molar-refractivity contribution in [2.45, 2.75) is 12.5 Å². The van der Waals surface area contributed by atoms with Crippen LogP contribution in [0.5, 0.6) is 0 Å². The molecule has 3 rings (SSSR count). The first-order valence-corrected chi connectivity index (χ1v) is 7.70. The number of para-hydroxylation sites is 2. The van der Waals surface area contributed by atoms with E-state index in [0.717, 1.165) is 5.56 Å². The summed E-state index contributed by atoms with van der Waals surface area (Å²) in [5.74, 6) is -1.56. The molecule has 24 heavy (non-hydrogen) atoms. The minimum Gasteiger partial charge on any atom is -0.351 e. The van der Waals surface area contributed by atoms with Gasteiger partial charge in [-0.05, 0) is 17.7 Å². The zero-order valence-corrected chi connectivity index (χ0v) is 13.4. The third kappa shape index (κ3) is 3.34. The van der Waals surface area contributed by atoms with E-state index in [-0.39, 0.29) is 10.8 Å². The number of nitriles is 1. The van der Waals surface area contributed by atoms with Crippen molar-refractivity contribution in [3.05, 3.63) is 71.0 Å². The number of nitrogens with one attached hydrogen (secondary N) is 1. The standard InChI is InChI=1S/C18H13ClN4O/c19-17-16(22-14-8-4-5-9-15(14)23-17)13(10-20)18(24)21-11-12-6-2-1-3-7-12/h1-9,13H,11H2,(H,21,24). The molecule has 6 heteroatoms. The Labute approximate surface area is 143 Å². The van der Waals surface area contributed by atoms with E-state index in [9.17, 15) is 10.1 Å². The number of hydrogen-bond donors (Lipinski definition) is 1. The zero-order chi connectivity index (χ0) is 16.9. The first-order chi connectivity index (χ1) is 11.7. The average molecular weight is 337 g/mol. The topological polar surface area (TPSA) is 78.7 Å². The molecule has 1 aromatic heterocycles. The summed E-state index contributed by atoms with van der Waals surface area (Å²) in [6.45, 7) is 0.330. The lowest BCUT2D eigenvalue weighted by molar-refractivity contribution is -0.121. The van der Waals surface area contributed by atoms with E-state index in [2.05, 4.69) is 15.3 Å². The molecule has 0 bridgehead atoms. The van der Waals surface area contributed by atoms with Crippen molar-refractivity contribution < 1.29 is 4.79 Å². The van der Waals surface area contributed by atoms with Gasteiger partial charge in [0, 0.05) is 6.54 Å². The van der Waals surface area contributed by atoms with Crippen molar-refractivity contribution in [3.63, 3.8) is 0 Å². The Morgan fingerprint density at radius 3 is 2.38 bits per heavy atom. The van der Waals surface area contributed by atoms with E-state index in [0.29, 0.717) is 17.6 Å². The van der Waals surface area contributed by atoms with Crippen LogP contribution in [0, 0.1) is 11.3 Å². The molecule has 0 aliphatic heterocycles. The normalized spacial score (nSPS) is 11.7. The number of fused-ring (bicyclic) bond motifs is 1. The van der Waals surface area contributed by atoms with Crippen LogP contribution in [-0.2, 0) is 11.3 Å². The maximum absolute atomic E-state index is 12.4. The molecular weight excluding hydrogens is 324 g/mol. The molecule has 1 atom stereocenters. The number of nitrogens with zero attached hydrogens (tertiary/aromatic N) is 3. The summed E-state index contributed by atoms with van der Waals surface area (Å²) >= 11 is 6.13. The second-order valence-electron chi connectivity index (χ2n) is 5.15. The van der Waals surface area contributed by atoms with Gasteiger partial charge in [0.1, 0.15) is 5.69 Å². The van der Waals surface area contributed by atoms with Gasteiger partial charge in [-0.15, -0.1) is 0 Å². The SMILES string of the molecule is N#CC(C(=O)NCc1ccccc1)c1nc2ccccc2nc1Cl. The van der Waals surface area contributed by atoms with Crippen LogP contribution in [0.4, 0.5) is 0 Å². The molecule has 0 aliphatic carbocycles. The number of carbonyl (C=O) groups is 1. The fourth-order valence-corrected chi connectivity index (χ4v) is 2.55. The fraction of sp³-hybridized carbons (Fsp3) is 0.111. The van der Waals surface area contributed by atoms with Crippen LogP contribution in [0.25, 0.3) is 11.0 Å². The number of halogens is 1. The highest BCUT2D eigenvalue weighted by Gasteiger charge is 2.25. The molecule has 118 valence electrons. The fourth-order valence-electron chi connectivity index (χ4n) is 2.31. The van der Waals surface area contributed by atoms with Crippen LogP contribution in [0.1, 0.15) is 17.2 Å². The molecule has 0 saturated carbocycles. The number of amides is 1. The summed E-state index contributed by atoms with van der Waals surface area (Å²) in [7, 11) is 0. The van der Waals surface area contributed by atoms with E-state index >= 15 is 0 Å². The third-order valence-electron chi connectivity index (χ3n) is 3.53. The highest BCUT2D eigenvalue weighted by molar-refractivity contribution is 6.30. The minimum atomic E-state index is -1.11. The molecule has 1 N–H and O–H groups in total. The third-order valence-corrected chi connectivity index (χ3v) is 3.81. The molecule has 0 saturated heterocycles. The van der Waals surface area contributed by atoms with Crippen molar-refractivity contribution in [1.82, 2.24) is 15.3 Å². The molecule has 1 heterocycles. The maximum Gasteiger partial charge on any atom is 0.243 e. The number of benzene rings is 2. The Morgan fingerprint density at radius 1 is 1.08 bits per heavy atom. The Kier molecular flexibility index (Phi) is 4.69. The summed E-state index contributed by atoms with van der Waals surface area (Å²) in [6, 6.07) is 18.6. The van der Waals surface area contributed by atoms with Gasteiger partial charge in [0.05, 0.1) is 17.1 Å². The monoisotopic (exact) mass is 336 g/mol. The van der Waals surface area contributed by atoms with E-state index in [1.807, 2.05) is 48.5 Å². The van der Waals surface area contributed by atoms with E-state index < -0.39 is 11.8 Å². The van der Waals surface area contributed by atoms with Gasteiger partial charge in [0.25, 0.3) is 0 Å². The lowest BCUT2D eigenvalue weighted by atomic mass is 10.1. The molecule has 3 aromatic rings. The summed E-state index contributed by atoms with van der Waals surface area (Å²) < 4.78 is 0. The van der Waals surface area contributed by atoms with Gasteiger partial charge in [-0.25, -0.2) is 9.97 Å². The van der Waals surface area contributed by atoms with Gasteiger partial charge in [-0.1, -0.05) is 54.1 Å². The summed E-state index contributed by atoms with van der Waals surface area (Å²) in [5.41, 5.74) is 2.32. The van der Waals surface area contributed by atoms with Crippen molar-refractivity contribution in [2.24, 2.45) is 0 Å². The Hall–Kier alpha value is -2.97. The molecule has 1 amide bonds. The first-order valence-electron chi connectivity index (χ1n) is 7.32. The number of hydrogen-bond acceptors (Lipinski definition) is 4. The predicted octanol–water partition coefficient (Wildman–Crippen LogP) is 3.21. The van der Waals surface area contributed by atoms with Crippen LogP contribution in [-0.4, -0.2) is 15.9 Å². The Balaban J connectivity index is 1.84. The second-order valence-corrected chi connectivity index (χ2v) is 5.51. The molecular formula is C18H13ClN4O. The van der Waals surface area contributed by atoms with Crippen LogP contribution in [0.3, 0.4) is 0 Å². The van der Waals surface area contributed by atoms with Crippen LogP contribution >= 0.6 is 11.6 Å². The van der Waals surface area contributed by atoms with Gasteiger partial charge in [-0.2, -0.15) is 5.26 Å². The first kappa shape index (κ1) is 15.9. The highest BCUT2D eigenvalue weighted by Crippen LogP contribution is 2.24. The summed E-state index contributed by atoms with van der Waals surface area (Å²) in [6.07, 6.45) is 0. The summed E-state index contributed by atoms with van der Waals surface area (Å²) in [5, 5.41) is 12.2.